The first-order chi connectivity index (χ1) is 10.2. The number of amides is 1. The van der Waals surface area contributed by atoms with E-state index in [2.05, 4.69) is 20.7 Å². The molecule has 4 nitrogen and oxygen atoms in total. The minimum absolute atomic E-state index is 0.190. The van der Waals surface area contributed by atoms with Crippen molar-refractivity contribution in [1.82, 2.24) is 5.32 Å². The summed E-state index contributed by atoms with van der Waals surface area (Å²) in [5.41, 5.74) is -1.41. The second-order valence-corrected chi connectivity index (χ2v) is 4.90. The monoisotopic (exact) mass is 379 g/mol. The normalized spacial score (nSPS) is 14.4. The molecule has 0 fully saturated rings. The van der Waals surface area contributed by atoms with Gasteiger partial charge in [-0.1, -0.05) is 46.3 Å². The van der Waals surface area contributed by atoms with Crippen LogP contribution in [0.2, 0.25) is 0 Å². The molecule has 0 radical (unpaired) electrons. The van der Waals surface area contributed by atoms with Gasteiger partial charge in [-0.05, 0) is 16.6 Å². The molecule has 0 aromatic heterocycles. The van der Waals surface area contributed by atoms with Crippen LogP contribution in [0.4, 0.5) is 13.2 Å². The molecule has 0 aliphatic rings. The van der Waals surface area contributed by atoms with Crippen molar-refractivity contribution in [2.75, 3.05) is 7.11 Å². The molecule has 0 saturated carbocycles. The zero-order valence-electron chi connectivity index (χ0n) is 11.5. The maximum absolute atomic E-state index is 12.5. The smallest absolute Gasteiger partial charge is 0.467 e. The van der Waals surface area contributed by atoms with Crippen molar-refractivity contribution in [3.8, 4) is 0 Å². The number of hydrogen-bond donors (Lipinski definition) is 1. The first-order valence-corrected chi connectivity index (χ1v) is 6.96. The highest BCUT2D eigenvalue weighted by Gasteiger charge is 2.47. The Hall–Kier alpha value is -1.83. The van der Waals surface area contributed by atoms with Crippen LogP contribution >= 0.6 is 15.9 Å². The molecule has 0 spiro atoms. The Labute approximate surface area is 133 Å². The van der Waals surface area contributed by atoms with Gasteiger partial charge in [0.15, 0.2) is 5.54 Å². The summed E-state index contributed by atoms with van der Waals surface area (Å²) in [4.78, 5) is 24.5. The van der Waals surface area contributed by atoms with Gasteiger partial charge in [-0.3, -0.25) is 4.79 Å². The summed E-state index contributed by atoms with van der Waals surface area (Å²) < 4.78 is 42.1. The standard InChI is InChI=1S/C14H13BrF3NO3/c1-22-12(21)13(7-8-15,19-11(20)14(16,17)18)9-10-5-3-2-4-6-10/h2-8H,9H2,1H3,(H,19,20)/b8-7+/t13-/m1/s1. The second-order valence-electron chi connectivity index (χ2n) is 4.37. The third-order valence-corrected chi connectivity index (χ3v) is 3.08. The lowest BCUT2D eigenvalue weighted by atomic mass is 9.90. The van der Waals surface area contributed by atoms with Gasteiger partial charge in [0.2, 0.25) is 0 Å². The van der Waals surface area contributed by atoms with Gasteiger partial charge in [-0.15, -0.1) is 0 Å². The summed E-state index contributed by atoms with van der Waals surface area (Å²) in [5.74, 6) is -3.23. The van der Waals surface area contributed by atoms with Crippen molar-refractivity contribution in [1.29, 1.82) is 0 Å². The lowest BCUT2D eigenvalue weighted by molar-refractivity contribution is -0.177. The van der Waals surface area contributed by atoms with Crippen molar-refractivity contribution in [3.63, 3.8) is 0 Å². The van der Waals surface area contributed by atoms with E-state index >= 15 is 0 Å². The molecule has 0 saturated heterocycles. The Morgan fingerprint density at radius 1 is 1.27 bits per heavy atom. The highest BCUT2D eigenvalue weighted by atomic mass is 79.9. The van der Waals surface area contributed by atoms with E-state index in [9.17, 15) is 22.8 Å². The van der Waals surface area contributed by atoms with Crippen LogP contribution in [0.25, 0.3) is 0 Å². The van der Waals surface area contributed by atoms with Crippen LogP contribution in [-0.2, 0) is 20.7 Å². The molecular formula is C14H13BrF3NO3. The minimum Gasteiger partial charge on any atom is -0.467 e. The largest absolute Gasteiger partial charge is 0.471 e. The van der Waals surface area contributed by atoms with Crippen LogP contribution < -0.4 is 5.32 Å². The maximum Gasteiger partial charge on any atom is 0.471 e. The van der Waals surface area contributed by atoms with Crippen molar-refractivity contribution in [3.05, 3.63) is 47.0 Å². The summed E-state index contributed by atoms with van der Waals surface area (Å²) in [6, 6.07) is 8.30. The predicted molar refractivity (Wildman–Crippen MR) is 77.2 cm³/mol. The Morgan fingerprint density at radius 3 is 2.32 bits per heavy atom. The number of methoxy groups -OCH3 is 1. The minimum atomic E-state index is -5.11. The van der Waals surface area contributed by atoms with Gasteiger partial charge in [0.05, 0.1) is 7.11 Å². The van der Waals surface area contributed by atoms with E-state index in [1.165, 1.54) is 4.99 Å². The van der Waals surface area contributed by atoms with Crippen molar-refractivity contribution >= 4 is 27.8 Å². The number of alkyl halides is 3. The molecule has 0 heterocycles. The molecule has 1 rings (SSSR count). The number of halogens is 4. The fourth-order valence-corrected chi connectivity index (χ4v) is 2.27. The van der Waals surface area contributed by atoms with Gasteiger partial charge in [0, 0.05) is 6.42 Å². The van der Waals surface area contributed by atoms with Crippen molar-refractivity contribution < 1.29 is 27.5 Å². The number of esters is 1. The first kappa shape index (κ1) is 18.2. The zero-order chi connectivity index (χ0) is 16.8. The van der Waals surface area contributed by atoms with Crippen molar-refractivity contribution in [2.24, 2.45) is 0 Å². The average molecular weight is 380 g/mol. The molecule has 0 aliphatic heterocycles. The lowest BCUT2D eigenvalue weighted by Crippen LogP contribution is -2.58. The molecular weight excluding hydrogens is 367 g/mol. The average Bonchev–Trinajstić information content (AvgIpc) is 2.46. The van der Waals surface area contributed by atoms with Gasteiger partial charge >= 0.3 is 18.1 Å². The quantitative estimate of drug-likeness (QED) is 0.800. The van der Waals surface area contributed by atoms with Crippen LogP contribution in [0.3, 0.4) is 0 Å². The summed E-state index contributed by atoms with van der Waals surface area (Å²) in [6.07, 6.45) is -4.20. The van der Waals surface area contributed by atoms with Gasteiger partial charge in [-0.2, -0.15) is 13.2 Å². The number of carbonyl (C=O) groups is 2. The first-order valence-electron chi connectivity index (χ1n) is 6.05. The molecule has 1 atom stereocenters. The lowest BCUT2D eigenvalue weighted by Gasteiger charge is -2.29. The number of nitrogens with one attached hydrogen (secondary N) is 1. The van der Waals surface area contributed by atoms with E-state index < -0.39 is 23.6 Å². The molecule has 0 bridgehead atoms. The van der Waals surface area contributed by atoms with E-state index in [1.54, 1.807) is 35.6 Å². The van der Waals surface area contributed by atoms with Crippen LogP contribution in [0.1, 0.15) is 5.56 Å². The summed E-state index contributed by atoms with van der Waals surface area (Å²) in [5, 5.41) is 1.72. The Morgan fingerprint density at radius 2 is 1.86 bits per heavy atom. The fraction of sp³-hybridized carbons (Fsp3) is 0.286. The summed E-state index contributed by atoms with van der Waals surface area (Å²) in [7, 11) is 1.03. The zero-order valence-corrected chi connectivity index (χ0v) is 13.1. The SMILES string of the molecule is COC(=O)[C@@](/C=C/Br)(Cc1ccccc1)NC(=O)C(F)(F)F. The van der Waals surface area contributed by atoms with Crippen molar-refractivity contribution in [2.45, 2.75) is 18.1 Å². The fourth-order valence-electron chi connectivity index (χ4n) is 1.82. The molecule has 1 aromatic rings. The highest BCUT2D eigenvalue weighted by molar-refractivity contribution is 9.11. The van der Waals surface area contributed by atoms with Gasteiger partial charge in [0.25, 0.3) is 0 Å². The Bertz CT molecular complexity index is 560. The van der Waals surface area contributed by atoms with Crippen LogP contribution in [-0.4, -0.2) is 30.7 Å². The summed E-state index contributed by atoms with van der Waals surface area (Å²) >= 11 is 2.92. The molecule has 8 heteroatoms. The number of rotatable bonds is 5. The van der Waals surface area contributed by atoms with Crippen LogP contribution in [0.15, 0.2) is 41.4 Å². The second kappa shape index (κ2) is 7.44. The number of benzene rings is 1. The van der Waals surface area contributed by atoms with Crippen LogP contribution in [0.5, 0.6) is 0 Å². The van der Waals surface area contributed by atoms with E-state index in [-0.39, 0.29) is 6.42 Å². The Kier molecular flexibility index (Phi) is 6.16. The molecule has 0 unspecified atom stereocenters. The van der Waals surface area contributed by atoms with E-state index in [1.807, 2.05) is 0 Å². The highest BCUT2D eigenvalue weighted by Crippen LogP contribution is 2.22. The topological polar surface area (TPSA) is 55.4 Å². The molecule has 1 N–H and O–H groups in total. The van der Waals surface area contributed by atoms with E-state index in [4.69, 9.17) is 0 Å². The third kappa shape index (κ3) is 4.59. The van der Waals surface area contributed by atoms with Gasteiger partial charge < -0.3 is 10.1 Å². The van der Waals surface area contributed by atoms with E-state index in [0.29, 0.717) is 5.56 Å². The molecule has 1 amide bonds. The maximum atomic E-state index is 12.5. The van der Waals surface area contributed by atoms with Gasteiger partial charge in [-0.25, -0.2) is 4.79 Å². The number of hydrogen-bond acceptors (Lipinski definition) is 3. The predicted octanol–water partition coefficient (Wildman–Crippen LogP) is 2.73. The van der Waals surface area contributed by atoms with Gasteiger partial charge in [0.1, 0.15) is 0 Å². The molecule has 22 heavy (non-hydrogen) atoms. The molecule has 1 aromatic carbocycles. The summed E-state index contributed by atoms with van der Waals surface area (Å²) in [6.45, 7) is 0. The molecule has 0 aliphatic carbocycles. The molecule has 120 valence electrons. The van der Waals surface area contributed by atoms with Crippen LogP contribution in [0, 0.1) is 0 Å². The third-order valence-electron chi connectivity index (χ3n) is 2.82. The Balaban J connectivity index is 3.23. The number of ether oxygens (including phenoxy) is 1. The van der Waals surface area contributed by atoms with E-state index in [0.717, 1.165) is 13.2 Å². The number of carbonyl (C=O) groups excluding carboxylic acids is 2.